The third kappa shape index (κ3) is 3.02. The third-order valence-corrected chi connectivity index (χ3v) is 3.47. The van der Waals surface area contributed by atoms with Gasteiger partial charge in [0.2, 0.25) is 0 Å². The molecule has 0 saturated carbocycles. The van der Waals surface area contributed by atoms with Crippen molar-refractivity contribution < 1.29 is 13.2 Å². The molecular formula is C11H14F3N3S. The Hall–Kier alpha value is -1.08. The van der Waals surface area contributed by atoms with Crippen LogP contribution in [0.3, 0.4) is 0 Å². The normalized spacial score (nSPS) is 14.3. The van der Waals surface area contributed by atoms with E-state index in [2.05, 4.69) is 10.3 Å². The summed E-state index contributed by atoms with van der Waals surface area (Å²) in [6.45, 7) is 3.79. The zero-order chi connectivity index (χ0) is 13.3. The summed E-state index contributed by atoms with van der Waals surface area (Å²) in [6.07, 6.45) is -3.07. The van der Waals surface area contributed by atoms with E-state index in [0.717, 1.165) is 16.3 Å². The zero-order valence-corrected chi connectivity index (χ0v) is 10.9. The minimum absolute atomic E-state index is 0.390. The molecule has 0 fully saturated rings. The van der Waals surface area contributed by atoms with E-state index in [4.69, 9.17) is 0 Å². The van der Waals surface area contributed by atoms with E-state index < -0.39 is 18.6 Å². The van der Waals surface area contributed by atoms with Gasteiger partial charge >= 0.3 is 6.18 Å². The van der Waals surface area contributed by atoms with Crippen molar-refractivity contribution in [2.24, 2.45) is 0 Å². The Labute approximate surface area is 107 Å². The molecule has 0 aliphatic rings. The van der Waals surface area contributed by atoms with Crippen LogP contribution >= 0.6 is 11.3 Å². The first-order chi connectivity index (χ1) is 8.37. The highest BCUT2D eigenvalue weighted by molar-refractivity contribution is 7.15. The Morgan fingerprint density at radius 1 is 1.50 bits per heavy atom. The van der Waals surface area contributed by atoms with Crippen LogP contribution in [0.25, 0.3) is 4.96 Å². The molecule has 0 bridgehead atoms. The molecule has 2 rings (SSSR count). The average Bonchev–Trinajstić information content (AvgIpc) is 2.72. The van der Waals surface area contributed by atoms with E-state index in [1.165, 1.54) is 18.3 Å². The molecule has 3 nitrogen and oxygen atoms in total. The minimum atomic E-state index is -4.13. The number of nitrogens with zero attached hydrogens (tertiary/aromatic N) is 2. The first-order valence-electron chi connectivity index (χ1n) is 5.58. The van der Waals surface area contributed by atoms with Gasteiger partial charge in [0, 0.05) is 24.2 Å². The van der Waals surface area contributed by atoms with E-state index >= 15 is 0 Å². The molecule has 2 aromatic heterocycles. The molecule has 0 saturated heterocycles. The summed E-state index contributed by atoms with van der Waals surface area (Å²) in [4.78, 5) is 5.21. The molecule has 7 heteroatoms. The number of aryl methyl sites for hydroxylation is 1. The first-order valence-corrected chi connectivity index (χ1v) is 6.46. The molecule has 1 atom stereocenters. The lowest BCUT2D eigenvalue weighted by atomic mass is 10.2. The summed E-state index contributed by atoms with van der Waals surface area (Å²) < 4.78 is 38.5. The molecule has 0 aromatic carbocycles. The smallest absolute Gasteiger partial charge is 0.308 e. The standard InChI is InChI=1S/C11H14F3N3S/c1-7(5-11(12,13)14)15-6-9-8(2)16-10-17(9)3-4-18-10/h3-4,7,15H,5-6H2,1-2H3. The van der Waals surface area contributed by atoms with Crippen LogP contribution in [0.5, 0.6) is 0 Å². The number of rotatable bonds is 4. The van der Waals surface area contributed by atoms with Crippen molar-refractivity contribution in [3.8, 4) is 0 Å². The summed E-state index contributed by atoms with van der Waals surface area (Å²) >= 11 is 1.51. The van der Waals surface area contributed by atoms with Gasteiger partial charge in [-0.15, -0.1) is 11.3 Å². The zero-order valence-electron chi connectivity index (χ0n) is 10.1. The van der Waals surface area contributed by atoms with Gasteiger partial charge in [-0.3, -0.25) is 4.40 Å². The maximum atomic E-state index is 12.2. The highest BCUT2D eigenvalue weighted by Crippen LogP contribution is 2.22. The van der Waals surface area contributed by atoms with Gasteiger partial charge in [0.25, 0.3) is 0 Å². The van der Waals surface area contributed by atoms with E-state index in [9.17, 15) is 13.2 Å². The Morgan fingerprint density at radius 2 is 2.22 bits per heavy atom. The maximum absolute atomic E-state index is 12.2. The number of imidazole rings is 1. The molecule has 18 heavy (non-hydrogen) atoms. The van der Waals surface area contributed by atoms with Crippen molar-refractivity contribution in [2.45, 2.75) is 39.0 Å². The monoisotopic (exact) mass is 277 g/mol. The fourth-order valence-corrected chi connectivity index (χ4v) is 2.62. The molecule has 100 valence electrons. The number of alkyl halides is 3. The maximum Gasteiger partial charge on any atom is 0.390 e. The van der Waals surface area contributed by atoms with Crippen LogP contribution in [0.2, 0.25) is 0 Å². The van der Waals surface area contributed by atoms with Gasteiger partial charge in [-0.25, -0.2) is 4.98 Å². The van der Waals surface area contributed by atoms with Crippen molar-refractivity contribution in [1.82, 2.24) is 14.7 Å². The molecule has 2 aromatic rings. The fraction of sp³-hybridized carbons (Fsp3) is 0.545. The highest BCUT2D eigenvalue weighted by atomic mass is 32.1. The van der Waals surface area contributed by atoms with Crippen LogP contribution in [0.4, 0.5) is 13.2 Å². The number of nitrogens with one attached hydrogen (secondary N) is 1. The first kappa shape index (κ1) is 13.4. The number of halogens is 3. The number of hydrogen-bond donors (Lipinski definition) is 1. The molecule has 0 aliphatic carbocycles. The second-order valence-corrected chi connectivity index (χ2v) is 5.17. The lowest BCUT2D eigenvalue weighted by Crippen LogP contribution is -2.31. The van der Waals surface area contributed by atoms with E-state index in [1.807, 2.05) is 22.9 Å². The SMILES string of the molecule is Cc1nc2sccn2c1CNC(C)CC(F)(F)F. The van der Waals surface area contributed by atoms with Crippen LogP contribution in [-0.4, -0.2) is 21.6 Å². The molecule has 1 N–H and O–H groups in total. The van der Waals surface area contributed by atoms with Gasteiger partial charge in [0.15, 0.2) is 4.96 Å². The summed E-state index contributed by atoms with van der Waals surface area (Å²) in [7, 11) is 0. The largest absolute Gasteiger partial charge is 0.390 e. The highest BCUT2D eigenvalue weighted by Gasteiger charge is 2.29. The van der Waals surface area contributed by atoms with Crippen molar-refractivity contribution in [1.29, 1.82) is 0 Å². The van der Waals surface area contributed by atoms with Crippen molar-refractivity contribution in [3.63, 3.8) is 0 Å². The van der Waals surface area contributed by atoms with Gasteiger partial charge < -0.3 is 5.32 Å². The van der Waals surface area contributed by atoms with Crippen LogP contribution in [0.1, 0.15) is 24.7 Å². The molecule has 0 radical (unpaired) electrons. The van der Waals surface area contributed by atoms with Crippen LogP contribution < -0.4 is 5.32 Å². The van der Waals surface area contributed by atoms with Gasteiger partial charge in [-0.1, -0.05) is 0 Å². The lowest BCUT2D eigenvalue weighted by molar-refractivity contribution is -0.139. The molecular weight excluding hydrogens is 263 g/mol. The second kappa shape index (κ2) is 4.89. The third-order valence-electron chi connectivity index (χ3n) is 2.72. The van der Waals surface area contributed by atoms with E-state index in [0.29, 0.717) is 6.54 Å². The minimum Gasteiger partial charge on any atom is -0.308 e. The van der Waals surface area contributed by atoms with Gasteiger partial charge in [-0.2, -0.15) is 13.2 Å². The number of aromatic nitrogens is 2. The van der Waals surface area contributed by atoms with Crippen LogP contribution in [0.15, 0.2) is 11.6 Å². The van der Waals surface area contributed by atoms with Gasteiger partial charge in [0.1, 0.15) is 0 Å². The second-order valence-electron chi connectivity index (χ2n) is 4.30. The summed E-state index contributed by atoms with van der Waals surface area (Å²) in [6, 6.07) is -0.603. The topological polar surface area (TPSA) is 29.3 Å². The van der Waals surface area contributed by atoms with E-state index in [-0.39, 0.29) is 0 Å². The van der Waals surface area contributed by atoms with Crippen LogP contribution in [-0.2, 0) is 6.54 Å². The van der Waals surface area contributed by atoms with Crippen LogP contribution in [0, 0.1) is 6.92 Å². The number of hydrogen-bond acceptors (Lipinski definition) is 3. The summed E-state index contributed by atoms with van der Waals surface area (Å²) in [5.41, 5.74) is 1.77. The summed E-state index contributed by atoms with van der Waals surface area (Å²) in [5.74, 6) is 0. The van der Waals surface area contributed by atoms with E-state index in [1.54, 1.807) is 0 Å². The Bertz CT molecular complexity index is 529. The van der Waals surface area contributed by atoms with Gasteiger partial charge in [0.05, 0.1) is 17.8 Å². The summed E-state index contributed by atoms with van der Waals surface area (Å²) in [5, 5.41) is 4.80. The Balaban J connectivity index is 2.01. The Kier molecular flexibility index (Phi) is 3.63. The van der Waals surface area contributed by atoms with Crippen molar-refractivity contribution >= 4 is 16.3 Å². The molecule has 2 heterocycles. The molecule has 0 aliphatic heterocycles. The fourth-order valence-electron chi connectivity index (χ4n) is 1.84. The van der Waals surface area contributed by atoms with Crippen molar-refractivity contribution in [3.05, 3.63) is 23.0 Å². The predicted molar refractivity (Wildman–Crippen MR) is 64.8 cm³/mol. The van der Waals surface area contributed by atoms with Gasteiger partial charge in [-0.05, 0) is 13.8 Å². The molecule has 1 unspecified atom stereocenters. The predicted octanol–water partition coefficient (Wildman–Crippen LogP) is 3.13. The number of fused-ring (bicyclic) bond motifs is 1. The number of thiazole rings is 1. The van der Waals surface area contributed by atoms with Crippen molar-refractivity contribution in [2.75, 3.05) is 0 Å². The quantitative estimate of drug-likeness (QED) is 0.930. The molecule has 0 amide bonds. The Morgan fingerprint density at radius 3 is 2.89 bits per heavy atom. The molecule has 0 spiro atoms. The lowest BCUT2D eigenvalue weighted by Gasteiger charge is -2.15. The average molecular weight is 277 g/mol.